The molecule has 22 aromatic carbocycles. The first-order valence-electron chi connectivity index (χ1n) is 46.4. The maximum atomic E-state index is 6.43. The maximum Gasteiger partial charge on any atom is 0.153 e. The minimum Gasteiger partial charge on any atom is -0.456 e. The van der Waals surface area contributed by atoms with Crippen molar-refractivity contribution in [1.29, 1.82) is 0 Å². The van der Waals surface area contributed by atoms with Crippen LogP contribution in [0.15, 0.2) is 487 Å². The summed E-state index contributed by atoms with van der Waals surface area (Å²) in [7, 11) is 0. The summed E-state index contributed by atoms with van der Waals surface area (Å²) >= 11 is 56.3. The Kier molecular flexibility index (Phi) is 27.5. The van der Waals surface area contributed by atoms with Crippen LogP contribution in [0.2, 0.25) is 25.1 Å². The fourth-order valence-corrected chi connectivity index (χ4v) is 25.2. The van der Waals surface area contributed by atoms with E-state index in [1.165, 1.54) is 124 Å². The summed E-state index contributed by atoms with van der Waals surface area (Å²) in [5, 5.41) is 22.3. The van der Waals surface area contributed by atoms with Gasteiger partial charge in [0, 0.05) is 122 Å². The lowest BCUT2D eigenvalue weighted by Crippen LogP contribution is -1.82. The number of hydrogen-bond donors (Lipinski definition) is 0. The molecular formula is C128H73Br6Cl5O4S2. The molecule has 6 aromatic heterocycles. The van der Waals surface area contributed by atoms with E-state index < -0.39 is 0 Å². The van der Waals surface area contributed by atoms with Crippen LogP contribution in [0, 0.1) is 0 Å². The average molecular weight is 2400 g/mol. The van der Waals surface area contributed by atoms with Crippen LogP contribution in [0.3, 0.4) is 0 Å². The molecule has 0 unspecified atom stereocenters. The van der Waals surface area contributed by atoms with Crippen molar-refractivity contribution in [3.8, 4) is 89.0 Å². The number of thiophene rings is 2. The third-order valence-corrected chi connectivity index (χ3v) is 33.4. The van der Waals surface area contributed by atoms with E-state index in [2.05, 4.69) is 417 Å². The molecule has 0 spiro atoms. The highest BCUT2D eigenvalue weighted by molar-refractivity contribution is 9.11. The predicted octanol–water partition coefficient (Wildman–Crippen LogP) is 45.9. The minimum absolute atomic E-state index is 0.646. The zero-order chi connectivity index (χ0) is 98.6. The van der Waals surface area contributed by atoms with Gasteiger partial charge in [0.25, 0.3) is 0 Å². The zero-order valence-electron chi connectivity index (χ0n) is 76.3. The van der Waals surface area contributed by atoms with Gasteiger partial charge in [0.05, 0.1) is 19.8 Å². The van der Waals surface area contributed by atoms with Gasteiger partial charge in [0.2, 0.25) is 0 Å². The number of benzene rings is 22. The summed E-state index contributed by atoms with van der Waals surface area (Å²) in [5.74, 6) is 0. The Hall–Kier alpha value is -12.7. The zero-order valence-corrected chi connectivity index (χ0v) is 91.2. The van der Waals surface area contributed by atoms with Gasteiger partial charge in [-0.1, -0.05) is 408 Å². The third kappa shape index (κ3) is 19.8. The van der Waals surface area contributed by atoms with Crippen LogP contribution in [0.1, 0.15) is 0 Å². The van der Waals surface area contributed by atoms with Gasteiger partial charge in [-0.3, -0.25) is 0 Å². The Labute approximate surface area is 917 Å². The summed E-state index contributed by atoms with van der Waals surface area (Å²) in [4.78, 5) is 0. The SMILES string of the molecule is Brc1cccc(-c2ccc3c(c2)oc2ccccc23)c1.Clc1ccc2c(c1)oc1cc(-c3ccc4cccc(Br)c4c3)ccc12.Clc1ccc2c(c1)sc1cccc(-c3ccc(-c4ccccc4Br)cc3)c12.Clc1cccc2c1oc1cc(-c3cccc(Br)c3)ccc12.Clc1cccc2c1sc1cccc(-c3ccc(-c4ccc(Br)cc4)cc3)c12.Clc1cccc2oc3cc(-c4cc(Br)c5ccccc5c4)ccc3c12. The van der Waals surface area contributed by atoms with Crippen LogP contribution in [-0.4, -0.2) is 0 Å². The number of halogens is 11. The third-order valence-electron chi connectivity index (χ3n) is 26.0. The summed E-state index contributed by atoms with van der Waals surface area (Å²) < 4.78 is 35.4. The molecule has 698 valence electrons. The highest BCUT2D eigenvalue weighted by Gasteiger charge is 2.21. The largest absolute Gasteiger partial charge is 0.456 e. The molecule has 4 nitrogen and oxygen atoms in total. The van der Waals surface area contributed by atoms with Crippen LogP contribution >= 0.6 is 176 Å². The molecule has 0 atom stereocenters. The number of hydrogen-bond acceptors (Lipinski definition) is 6. The standard InChI is InChI=1S/2C24H14BrClS.2C22H12BrClO.C18H10BrClO.C18H11BrO/c25-18-13-11-16(12-14-18)15-7-9-17(10-8-15)19-3-2-6-22-23(19)20-4-1-5-21(26)24(20)27-22;25-21-6-2-1-4-18(21)15-8-10-16(11-9-15)19-5-3-7-22-24(19)20-13-12-17(26)14-23(20)27-22;23-18-11-15(10-14-4-1-2-5-16(14)18)13-8-9-17-21(12-13)25-20-7-3-6-19(24)22(17)20;23-20-3-1-2-13-4-5-14(10-19(13)20)15-6-8-17-18-9-7-16(24)12-22(18)25-21(17)11-15;19-13-4-1-3-11(9-13)12-7-8-14-15-5-2-6-16(20)18(15)21-17(14)10-12;19-14-5-3-4-12(10-14)13-8-9-16-15-6-1-2-7-17(15)20-18(16)11-13/h2*1-14H;2*1-12H;1-10H;1-11H. The van der Waals surface area contributed by atoms with Crippen molar-refractivity contribution in [2.45, 2.75) is 0 Å². The Morgan fingerprint density at radius 1 is 0.179 bits per heavy atom. The Bertz CT molecular complexity index is 9900. The van der Waals surface area contributed by atoms with E-state index in [0.29, 0.717) is 10.0 Å². The van der Waals surface area contributed by atoms with Crippen LogP contribution < -0.4 is 0 Å². The molecule has 0 aliphatic carbocycles. The van der Waals surface area contributed by atoms with E-state index in [-0.39, 0.29) is 0 Å². The summed E-state index contributed by atoms with van der Waals surface area (Å²) in [6.45, 7) is 0. The molecule has 0 N–H and O–H groups in total. The molecule has 145 heavy (non-hydrogen) atoms. The molecule has 0 amide bonds. The molecule has 0 saturated carbocycles. The molecule has 0 aliphatic heterocycles. The van der Waals surface area contributed by atoms with Gasteiger partial charge >= 0.3 is 0 Å². The van der Waals surface area contributed by atoms with E-state index in [0.717, 1.165) is 157 Å². The first-order valence-corrected chi connectivity index (χ1v) is 54.7. The van der Waals surface area contributed by atoms with E-state index in [9.17, 15) is 0 Å². The fraction of sp³-hybridized carbons (Fsp3) is 0. The first-order chi connectivity index (χ1) is 70.8. The Morgan fingerprint density at radius 3 is 1.26 bits per heavy atom. The second kappa shape index (κ2) is 41.7. The molecule has 17 heteroatoms. The topological polar surface area (TPSA) is 52.6 Å². The first kappa shape index (κ1) is 95.8. The molecule has 28 rings (SSSR count). The predicted molar refractivity (Wildman–Crippen MR) is 643 cm³/mol. The van der Waals surface area contributed by atoms with Crippen LogP contribution in [0.25, 0.3) is 239 Å². The normalized spacial score (nSPS) is 11.4. The van der Waals surface area contributed by atoms with Crippen molar-refractivity contribution in [2.75, 3.05) is 0 Å². The number of rotatable bonds is 8. The van der Waals surface area contributed by atoms with Gasteiger partial charge in [-0.15, -0.1) is 22.7 Å². The maximum absolute atomic E-state index is 6.43. The average Bonchev–Trinajstić information content (AvgIpc) is 1.61. The van der Waals surface area contributed by atoms with E-state index >= 15 is 0 Å². The van der Waals surface area contributed by atoms with E-state index in [1.807, 2.05) is 121 Å². The second-order valence-corrected chi connectivity index (χ2v) is 44.5. The van der Waals surface area contributed by atoms with Crippen molar-refractivity contribution in [3.05, 3.63) is 495 Å². The summed E-state index contributed by atoms with van der Waals surface area (Å²) in [6.07, 6.45) is 0. The smallest absolute Gasteiger partial charge is 0.153 e. The quantitative estimate of drug-likeness (QED) is 0.152. The Balaban J connectivity index is 0.0000000965. The van der Waals surface area contributed by atoms with Gasteiger partial charge in [-0.2, -0.15) is 0 Å². The van der Waals surface area contributed by atoms with E-state index in [4.69, 9.17) is 75.7 Å². The van der Waals surface area contributed by atoms with Crippen LogP contribution in [-0.2, 0) is 0 Å². The highest BCUT2D eigenvalue weighted by Crippen LogP contribution is 2.48. The Morgan fingerprint density at radius 2 is 0.593 bits per heavy atom. The molecule has 28 aromatic rings. The van der Waals surface area contributed by atoms with Crippen molar-refractivity contribution < 1.29 is 17.7 Å². The van der Waals surface area contributed by atoms with Crippen LogP contribution in [0.4, 0.5) is 0 Å². The van der Waals surface area contributed by atoms with Gasteiger partial charge in [0.1, 0.15) is 39.1 Å². The lowest BCUT2D eigenvalue weighted by Gasteiger charge is -2.08. The molecule has 0 radical (unpaired) electrons. The van der Waals surface area contributed by atoms with Gasteiger partial charge in [-0.05, 0) is 293 Å². The van der Waals surface area contributed by atoms with Gasteiger partial charge in [0.15, 0.2) is 5.58 Å². The number of para-hydroxylation sites is 2. The molecule has 6 heterocycles. The molecule has 0 saturated heterocycles. The van der Waals surface area contributed by atoms with Crippen molar-refractivity contribution in [3.63, 3.8) is 0 Å². The van der Waals surface area contributed by atoms with Crippen molar-refractivity contribution >= 4 is 326 Å². The summed E-state index contributed by atoms with van der Waals surface area (Å²) in [5.41, 5.74) is 25.9. The minimum atomic E-state index is 0.646. The van der Waals surface area contributed by atoms with Crippen molar-refractivity contribution in [1.82, 2.24) is 0 Å². The van der Waals surface area contributed by atoms with Gasteiger partial charge in [-0.25, -0.2) is 0 Å². The lowest BCUT2D eigenvalue weighted by molar-refractivity contribution is 0.668. The van der Waals surface area contributed by atoms with Gasteiger partial charge < -0.3 is 17.7 Å². The van der Waals surface area contributed by atoms with Crippen molar-refractivity contribution in [2.24, 2.45) is 0 Å². The summed E-state index contributed by atoms with van der Waals surface area (Å²) in [6, 6.07) is 153. The molecule has 0 bridgehead atoms. The number of fused-ring (bicyclic) bond motifs is 20. The second-order valence-electron chi connectivity index (χ2n) is 35.0. The molecule has 0 fully saturated rings. The van der Waals surface area contributed by atoms with Crippen LogP contribution in [0.5, 0.6) is 0 Å². The highest BCUT2D eigenvalue weighted by atomic mass is 79.9. The monoisotopic (exact) mass is 2390 g/mol. The lowest BCUT2D eigenvalue weighted by atomic mass is 9.97. The number of furan rings is 4. The van der Waals surface area contributed by atoms with E-state index in [1.54, 1.807) is 22.7 Å². The molecule has 0 aliphatic rings. The molecular weight excluding hydrogens is 2320 g/mol. The fourth-order valence-electron chi connectivity index (χ4n) is 19.0.